The van der Waals surface area contributed by atoms with Crippen molar-refractivity contribution in [3.8, 4) is 0 Å². The monoisotopic (exact) mass is 260 g/mol. The van der Waals surface area contributed by atoms with Gasteiger partial charge in [-0.3, -0.25) is 4.90 Å². The Kier molecular flexibility index (Phi) is 5.00. The summed E-state index contributed by atoms with van der Waals surface area (Å²) in [6, 6.07) is 12.7. The predicted molar refractivity (Wildman–Crippen MR) is 82.3 cm³/mol. The van der Waals surface area contributed by atoms with Crippen LogP contribution in [0.25, 0.3) is 0 Å². The molecule has 0 amide bonds. The van der Waals surface area contributed by atoms with Crippen molar-refractivity contribution in [2.24, 2.45) is 5.92 Å². The second-order valence-electron chi connectivity index (χ2n) is 6.38. The van der Waals surface area contributed by atoms with E-state index in [1.165, 1.54) is 18.5 Å². The van der Waals surface area contributed by atoms with Gasteiger partial charge in [0.05, 0.1) is 0 Å². The molecule has 2 rings (SSSR count). The van der Waals surface area contributed by atoms with E-state index in [1.54, 1.807) is 0 Å². The molecule has 1 aliphatic heterocycles. The lowest BCUT2D eigenvalue weighted by molar-refractivity contribution is 0.181. The minimum atomic E-state index is 0.503. The first-order valence-corrected chi connectivity index (χ1v) is 7.62. The summed E-state index contributed by atoms with van der Waals surface area (Å²) >= 11 is 0. The molecule has 1 aliphatic rings. The standard InChI is InChI=1S/C17H28N2/c1-13(2)18-11-17(16-8-6-5-7-9-16)19-12-14(3)10-15(19)4/h5-9,13-15,17-18H,10-12H2,1-4H3. The van der Waals surface area contributed by atoms with E-state index in [0.29, 0.717) is 18.1 Å². The molecule has 1 saturated heterocycles. The molecule has 2 heteroatoms. The molecule has 0 spiro atoms. The second kappa shape index (κ2) is 6.53. The summed E-state index contributed by atoms with van der Waals surface area (Å²) < 4.78 is 0. The number of likely N-dealkylation sites (tertiary alicyclic amines) is 1. The van der Waals surface area contributed by atoms with E-state index < -0.39 is 0 Å². The molecule has 0 aliphatic carbocycles. The smallest absolute Gasteiger partial charge is 0.0475 e. The van der Waals surface area contributed by atoms with Crippen molar-refractivity contribution < 1.29 is 0 Å². The van der Waals surface area contributed by atoms with E-state index in [0.717, 1.165) is 12.5 Å². The molecule has 19 heavy (non-hydrogen) atoms. The number of hydrogen-bond acceptors (Lipinski definition) is 2. The normalized spacial score (nSPS) is 25.9. The Balaban J connectivity index is 2.14. The van der Waals surface area contributed by atoms with Crippen molar-refractivity contribution in [2.45, 2.75) is 52.2 Å². The maximum absolute atomic E-state index is 3.61. The Hall–Kier alpha value is -0.860. The molecule has 1 N–H and O–H groups in total. The van der Waals surface area contributed by atoms with Crippen LogP contribution in [0.15, 0.2) is 30.3 Å². The van der Waals surface area contributed by atoms with E-state index in [9.17, 15) is 0 Å². The molecular formula is C17H28N2. The van der Waals surface area contributed by atoms with Crippen molar-refractivity contribution in [2.75, 3.05) is 13.1 Å². The first-order chi connectivity index (χ1) is 9.08. The zero-order valence-electron chi connectivity index (χ0n) is 12.8. The molecular weight excluding hydrogens is 232 g/mol. The first-order valence-electron chi connectivity index (χ1n) is 7.62. The quantitative estimate of drug-likeness (QED) is 0.872. The van der Waals surface area contributed by atoms with Crippen molar-refractivity contribution in [1.29, 1.82) is 0 Å². The third-order valence-electron chi connectivity index (χ3n) is 4.14. The van der Waals surface area contributed by atoms with E-state index in [-0.39, 0.29) is 0 Å². The molecule has 2 nitrogen and oxygen atoms in total. The lowest BCUT2D eigenvalue weighted by Crippen LogP contribution is -2.39. The molecule has 106 valence electrons. The van der Waals surface area contributed by atoms with Crippen LogP contribution in [0.2, 0.25) is 0 Å². The van der Waals surface area contributed by atoms with Gasteiger partial charge in [0.15, 0.2) is 0 Å². The van der Waals surface area contributed by atoms with Crippen LogP contribution in [0.1, 0.15) is 45.7 Å². The molecule has 0 aromatic heterocycles. The third kappa shape index (κ3) is 3.80. The summed E-state index contributed by atoms with van der Waals surface area (Å²) in [6.07, 6.45) is 1.32. The maximum atomic E-state index is 3.61. The Bertz CT molecular complexity index is 374. The van der Waals surface area contributed by atoms with Gasteiger partial charge in [0.25, 0.3) is 0 Å². The fourth-order valence-corrected chi connectivity index (χ4v) is 3.22. The van der Waals surface area contributed by atoms with Gasteiger partial charge in [-0.1, -0.05) is 51.1 Å². The van der Waals surface area contributed by atoms with Crippen molar-refractivity contribution >= 4 is 0 Å². The summed E-state index contributed by atoms with van der Waals surface area (Å²) in [6.45, 7) is 11.4. The highest BCUT2D eigenvalue weighted by molar-refractivity contribution is 5.20. The van der Waals surface area contributed by atoms with Gasteiger partial charge in [0.1, 0.15) is 0 Å². The van der Waals surface area contributed by atoms with Crippen LogP contribution in [-0.4, -0.2) is 30.1 Å². The topological polar surface area (TPSA) is 15.3 Å². The maximum Gasteiger partial charge on any atom is 0.0475 e. The van der Waals surface area contributed by atoms with Crippen LogP contribution in [0.5, 0.6) is 0 Å². The Labute approximate surface area is 118 Å². The van der Waals surface area contributed by atoms with Gasteiger partial charge in [0, 0.05) is 31.2 Å². The highest BCUT2D eigenvalue weighted by Crippen LogP contribution is 2.31. The van der Waals surface area contributed by atoms with Crippen molar-refractivity contribution in [3.63, 3.8) is 0 Å². The van der Waals surface area contributed by atoms with Gasteiger partial charge in [0.2, 0.25) is 0 Å². The van der Waals surface area contributed by atoms with Crippen LogP contribution in [0.3, 0.4) is 0 Å². The molecule has 1 heterocycles. The SMILES string of the molecule is CC1CC(C)N(C(CNC(C)C)c2ccccc2)C1. The summed E-state index contributed by atoms with van der Waals surface area (Å²) in [5, 5.41) is 3.61. The van der Waals surface area contributed by atoms with Gasteiger partial charge in [-0.25, -0.2) is 0 Å². The number of rotatable bonds is 5. The zero-order valence-corrected chi connectivity index (χ0v) is 12.8. The molecule has 3 unspecified atom stereocenters. The van der Waals surface area contributed by atoms with Crippen molar-refractivity contribution in [3.05, 3.63) is 35.9 Å². The minimum absolute atomic E-state index is 0.503. The van der Waals surface area contributed by atoms with E-state index >= 15 is 0 Å². The van der Waals surface area contributed by atoms with Crippen LogP contribution in [0.4, 0.5) is 0 Å². The first kappa shape index (κ1) is 14.5. The number of hydrogen-bond donors (Lipinski definition) is 1. The Morgan fingerprint density at radius 3 is 2.42 bits per heavy atom. The largest absolute Gasteiger partial charge is 0.313 e. The highest BCUT2D eigenvalue weighted by Gasteiger charge is 2.32. The third-order valence-corrected chi connectivity index (χ3v) is 4.14. The van der Waals surface area contributed by atoms with E-state index in [1.807, 2.05) is 0 Å². The number of nitrogens with zero attached hydrogens (tertiary/aromatic N) is 1. The summed E-state index contributed by atoms with van der Waals surface area (Å²) in [4.78, 5) is 2.68. The summed E-state index contributed by atoms with van der Waals surface area (Å²) in [7, 11) is 0. The molecule has 0 radical (unpaired) electrons. The molecule has 3 atom stereocenters. The van der Waals surface area contributed by atoms with Crippen LogP contribution >= 0.6 is 0 Å². The van der Waals surface area contributed by atoms with Gasteiger partial charge in [-0.05, 0) is 24.8 Å². The lowest BCUT2D eigenvalue weighted by Gasteiger charge is -2.33. The van der Waals surface area contributed by atoms with E-state index in [4.69, 9.17) is 0 Å². The second-order valence-corrected chi connectivity index (χ2v) is 6.38. The fraction of sp³-hybridized carbons (Fsp3) is 0.647. The summed E-state index contributed by atoms with van der Waals surface area (Å²) in [5.74, 6) is 0.820. The van der Waals surface area contributed by atoms with E-state index in [2.05, 4.69) is 68.2 Å². The van der Waals surface area contributed by atoms with Crippen LogP contribution in [-0.2, 0) is 0 Å². The number of benzene rings is 1. The molecule has 1 aromatic carbocycles. The average molecular weight is 260 g/mol. The Morgan fingerprint density at radius 2 is 1.89 bits per heavy atom. The minimum Gasteiger partial charge on any atom is -0.313 e. The van der Waals surface area contributed by atoms with Gasteiger partial charge in [-0.15, -0.1) is 0 Å². The number of nitrogens with one attached hydrogen (secondary N) is 1. The Morgan fingerprint density at radius 1 is 1.21 bits per heavy atom. The molecule has 1 aromatic rings. The summed E-state index contributed by atoms with van der Waals surface area (Å²) in [5.41, 5.74) is 1.44. The highest BCUT2D eigenvalue weighted by atomic mass is 15.2. The van der Waals surface area contributed by atoms with Crippen LogP contribution < -0.4 is 5.32 Å². The molecule has 1 fully saturated rings. The molecule has 0 saturated carbocycles. The fourth-order valence-electron chi connectivity index (χ4n) is 3.22. The average Bonchev–Trinajstić information content (AvgIpc) is 2.70. The van der Waals surface area contributed by atoms with Crippen molar-refractivity contribution in [1.82, 2.24) is 10.2 Å². The zero-order chi connectivity index (χ0) is 13.8. The van der Waals surface area contributed by atoms with Gasteiger partial charge < -0.3 is 5.32 Å². The molecule has 0 bridgehead atoms. The predicted octanol–water partition coefficient (Wildman–Crippen LogP) is 3.46. The lowest BCUT2D eigenvalue weighted by atomic mass is 10.0. The van der Waals surface area contributed by atoms with Gasteiger partial charge in [-0.2, -0.15) is 0 Å². The van der Waals surface area contributed by atoms with Gasteiger partial charge >= 0.3 is 0 Å². The van der Waals surface area contributed by atoms with Crippen LogP contribution in [0, 0.1) is 5.92 Å².